The van der Waals surface area contributed by atoms with Crippen LogP contribution in [0, 0.1) is 0 Å². The Hall–Kier alpha value is -3.12. The number of hydrogen-bond donors (Lipinski definition) is 1. The van der Waals surface area contributed by atoms with Crippen LogP contribution >= 0.6 is 11.6 Å². The lowest BCUT2D eigenvalue weighted by atomic mass is 10.0. The van der Waals surface area contributed by atoms with Crippen LogP contribution in [0.3, 0.4) is 0 Å². The zero-order valence-electron chi connectivity index (χ0n) is 17.8. The van der Waals surface area contributed by atoms with Crippen molar-refractivity contribution in [1.82, 2.24) is 10.2 Å². The summed E-state index contributed by atoms with van der Waals surface area (Å²) in [6, 6.07) is 16.6. The largest absolute Gasteiger partial charge is 0.457 e. The molecule has 0 radical (unpaired) electrons. The monoisotopic (exact) mass is 454 g/mol. The van der Waals surface area contributed by atoms with Gasteiger partial charge in [-0.1, -0.05) is 66.2 Å². The Labute approximate surface area is 193 Å². The number of cyclic esters (lactones) is 1. The first-order chi connectivity index (χ1) is 15.5. The highest BCUT2D eigenvalue weighted by molar-refractivity contribution is 6.30. The molecule has 1 aliphatic rings. The van der Waals surface area contributed by atoms with Crippen LogP contribution in [-0.4, -0.2) is 35.8 Å². The molecule has 0 fully saturated rings. The number of ether oxygens (including phenoxy) is 1. The van der Waals surface area contributed by atoms with Gasteiger partial charge in [-0.05, 0) is 36.1 Å². The summed E-state index contributed by atoms with van der Waals surface area (Å²) in [6.07, 6.45) is 4.49. The van der Waals surface area contributed by atoms with Crippen molar-refractivity contribution < 1.29 is 19.1 Å². The Morgan fingerprint density at radius 3 is 2.53 bits per heavy atom. The summed E-state index contributed by atoms with van der Waals surface area (Å²) in [5.41, 5.74) is 1.78. The molecule has 3 rings (SSSR count). The van der Waals surface area contributed by atoms with Crippen LogP contribution < -0.4 is 5.32 Å². The molecule has 1 atom stereocenters. The van der Waals surface area contributed by atoms with Crippen LogP contribution in [0.15, 0.2) is 66.7 Å². The molecule has 0 unspecified atom stereocenters. The second-order valence-electron chi connectivity index (χ2n) is 7.62. The highest BCUT2D eigenvalue weighted by Crippen LogP contribution is 2.24. The number of carbonyl (C=O) groups is 3. The summed E-state index contributed by atoms with van der Waals surface area (Å²) in [4.78, 5) is 39.1. The first kappa shape index (κ1) is 23.5. The molecule has 168 valence electrons. The fraction of sp³-hybridized carbons (Fsp3) is 0.320. The first-order valence-electron chi connectivity index (χ1n) is 10.7. The molecule has 2 aromatic carbocycles. The predicted octanol–water partition coefficient (Wildman–Crippen LogP) is 4.20. The molecular weight excluding hydrogens is 428 g/mol. The summed E-state index contributed by atoms with van der Waals surface area (Å²) in [5.74, 6) is -0.677. The Balaban J connectivity index is 1.62. The van der Waals surface area contributed by atoms with Gasteiger partial charge in [0, 0.05) is 31.0 Å². The average molecular weight is 455 g/mol. The van der Waals surface area contributed by atoms with Gasteiger partial charge in [-0.2, -0.15) is 0 Å². The standard InChI is InChI=1S/C25H27ClN2O4/c26-21-12-10-19(11-13-21)17-27-23(29)18-28-16-6-2-5-9-25(31)32-22(14-15-24(28)30)20-7-3-1-4-8-20/h1-4,6-8,10-13,22H,5,9,14-18H2,(H,27,29)/b6-2+/t22-/m0/s1. The number of esters is 1. The molecule has 0 aromatic heterocycles. The zero-order valence-corrected chi connectivity index (χ0v) is 18.6. The topological polar surface area (TPSA) is 75.7 Å². The highest BCUT2D eigenvalue weighted by Gasteiger charge is 2.22. The maximum Gasteiger partial charge on any atom is 0.306 e. The number of allylic oxidation sites excluding steroid dienone is 1. The third-order valence-corrected chi connectivity index (χ3v) is 5.42. The van der Waals surface area contributed by atoms with E-state index in [1.807, 2.05) is 54.6 Å². The molecule has 1 heterocycles. The van der Waals surface area contributed by atoms with Crippen LogP contribution in [0.2, 0.25) is 5.02 Å². The fourth-order valence-electron chi connectivity index (χ4n) is 3.40. The molecule has 32 heavy (non-hydrogen) atoms. The van der Waals surface area contributed by atoms with E-state index >= 15 is 0 Å². The molecule has 7 heteroatoms. The van der Waals surface area contributed by atoms with Crippen molar-refractivity contribution in [3.05, 3.63) is 82.9 Å². The van der Waals surface area contributed by atoms with Crippen molar-refractivity contribution >= 4 is 29.4 Å². The lowest BCUT2D eigenvalue weighted by molar-refractivity contribution is -0.150. The van der Waals surface area contributed by atoms with E-state index in [9.17, 15) is 14.4 Å². The van der Waals surface area contributed by atoms with Gasteiger partial charge in [-0.25, -0.2) is 0 Å². The molecule has 0 bridgehead atoms. The van der Waals surface area contributed by atoms with E-state index in [0.29, 0.717) is 31.0 Å². The number of carbonyl (C=O) groups excluding carboxylic acids is 3. The maximum atomic E-state index is 12.9. The molecule has 0 aliphatic carbocycles. The Bertz CT molecular complexity index is 944. The minimum atomic E-state index is -0.489. The summed E-state index contributed by atoms with van der Waals surface area (Å²) in [5, 5.41) is 3.48. The van der Waals surface area contributed by atoms with Crippen molar-refractivity contribution in [3.8, 4) is 0 Å². The molecule has 6 nitrogen and oxygen atoms in total. The van der Waals surface area contributed by atoms with E-state index in [1.165, 1.54) is 4.90 Å². The quantitative estimate of drug-likeness (QED) is 0.542. The van der Waals surface area contributed by atoms with Crippen LogP contribution in [0.25, 0.3) is 0 Å². The van der Waals surface area contributed by atoms with Gasteiger partial charge in [0.25, 0.3) is 0 Å². The number of benzene rings is 2. The van der Waals surface area contributed by atoms with E-state index in [2.05, 4.69) is 5.32 Å². The van der Waals surface area contributed by atoms with Gasteiger partial charge in [-0.15, -0.1) is 0 Å². The van der Waals surface area contributed by atoms with Crippen molar-refractivity contribution in [1.29, 1.82) is 0 Å². The minimum absolute atomic E-state index is 0.0352. The summed E-state index contributed by atoms with van der Waals surface area (Å²) >= 11 is 5.89. The summed E-state index contributed by atoms with van der Waals surface area (Å²) in [7, 11) is 0. The Morgan fingerprint density at radius 1 is 1.03 bits per heavy atom. The number of amides is 2. The van der Waals surface area contributed by atoms with Crippen LogP contribution in [0.4, 0.5) is 0 Å². The molecule has 0 saturated carbocycles. The van der Waals surface area contributed by atoms with Crippen LogP contribution in [-0.2, 0) is 25.7 Å². The van der Waals surface area contributed by atoms with E-state index < -0.39 is 6.10 Å². The van der Waals surface area contributed by atoms with Crippen LogP contribution in [0.1, 0.15) is 42.9 Å². The second-order valence-corrected chi connectivity index (χ2v) is 8.05. The predicted molar refractivity (Wildman–Crippen MR) is 123 cm³/mol. The molecule has 1 N–H and O–H groups in total. The van der Waals surface area contributed by atoms with E-state index in [-0.39, 0.29) is 37.2 Å². The van der Waals surface area contributed by atoms with E-state index in [4.69, 9.17) is 16.3 Å². The Morgan fingerprint density at radius 2 is 1.78 bits per heavy atom. The summed E-state index contributed by atoms with van der Waals surface area (Å²) in [6.45, 7) is 0.644. The summed E-state index contributed by atoms with van der Waals surface area (Å²) < 4.78 is 5.64. The van der Waals surface area contributed by atoms with Gasteiger partial charge in [0.15, 0.2) is 0 Å². The lowest BCUT2D eigenvalue weighted by Crippen LogP contribution is -2.40. The van der Waals surface area contributed by atoms with Crippen LogP contribution in [0.5, 0.6) is 0 Å². The van der Waals surface area contributed by atoms with E-state index in [1.54, 1.807) is 12.1 Å². The lowest BCUT2D eigenvalue weighted by Gasteiger charge is -2.23. The average Bonchev–Trinajstić information content (AvgIpc) is 2.80. The Kier molecular flexibility index (Phi) is 8.87. The van der Waals surface area contributed by atoms with Crippen molar-refractivity contribution in [2.45, 2.75) is 38.3 Å². The number of nitrogens with zero attached hydrogens (tertiary/aromatic N) is 1. The fourth-order valence-corrected chi connectivity index (χ4v) is 3.53. The minimum Gasteiger partial charge on any atom is -0.457 e. The van der Waals surface area contributed by atoms with Crippen molar-refractivity contribution in [3.63, 3.8) is 0 Å². The van der Waals surface area contributed by atoms with Gasteiger partial charge in [-0.3, -0.25) is 14.4 Å². The van der Waals surface area contributed by atoms with Gasteiger partial charge in [0.1, 0.15) is 6.10 Å². The molecule has 0 saturated heterocycles. The van der Waals surface area contributed by atoms with Gasteiger partial charge in [0.2, 0.25) is 11.8 Å². The SMILES string of the molecule is O=C(CN1C/C=C/CCC(=O)O[C@H](c2ccccc2)CCC1=O)NCc1ccc(Cl)cc1. The molecule has 2 aromatic rings. The number of nitrogens with one attached hydrogen (secondary N) is 1. The molecule has 2 amide bonds. The maximum absolute atomic E-state index is 12.9. The number of hydrogen-bond acceptors (Lipinski definition) is 4. The van der Waals surface area contributed by atoms with Gasteiger partial charge < -0.3 is 15.0 Å². The smallest absolute Gasteiger partial charge is 0.306 e. The zero-order chi connectivity index (χ0) is 22.8. The normalized spacial score (nSPS) is 18.8. The van der Waals surface area contributed by atoms with Gasteiger partial charge >= 0.3 is 5.97 Å². The van der Waals surface area contributed by atoms with Gasteiger partial charge in [0.05, 0.1) is 6.54 Å². The second kappa shape index (κ2) is 12.1. The molecule has 1 aliphatic heterocycles. The van der Waals surface area contributed by atoms with E-state index in [0.717, 1.165) is 11.1 Å². The van der Waals surface area contributed by atoms with Crippen molar-refractivity contribution in [2.24, 2.45) is 0 Å². The first-order valence-corrected chi connectivity index (χ1v) is 11.1. The third kappa shape index (κ3) is 7.54. The number of rotatable bonds is 5. The highest BCUT2D eigenvalue weighted by atomic mass is 35.5. The molecular formula is C25H27ClN2O4. The molecule has 0 spiro atoms. The number of halogens is 1. The third-order valence-electron chi connectivity index (χ3n) is 5.16. The van der Waals surface area contributed by atoms with Crippen molar-refractivity contribution in [2.75, 3.05) is 13.1 Å².